The van der Waals surface area contributed by atoms with Crippen molar-refractivity contribution in [2.24, 2.45) is 5.92 Å². The standard InChI is InChI=1S/C17H22BrFN2O3/c1-17(2,3)24-16(23)21-8-6-10(7-9-21)15(22)13-11(18)4-5-12(20)14(13)19/h4-5,10H,6-9,20H2,1-3H3. The molecular formula is C17H22BrFN2O3. The second-order valence-electron chi connectivity index (χ2n) is 6.93. The first kappa shape index (κ1) is 18.7. The molecule has 1 saturated heterocycles. The van der Waals surface area contributed by atoms with Gasteiger partial charge < -0.3 is 15.4 Å². The largest absolute Gasteiger partial charge is 0.444 e. The lowest BCUT2D eigenvalue weighted by Crippen LogP contribution is -2.43. The number of ketones is 1. The van der Waals surface area contributed by atoms with Crippen molar-refractivity contribution in [2.75, 3.05) is 18.8 Å². The van der Waals surface area contributed by atoms with Crippen molar-refractivity contribution in [1.82, 2.24) is 4.90 Å². The maximum atomic E-state index is 14.2. The van der Waals surface area contributed by atoms with Crippen molar-refractivity contribution in [1.29, 1.82) is 0 Å². The number of rotatable bonds is 2. The zero-order valence-corrected chi connectivity index (χ0v) is 15.7. The quantitative estimate of drug-likeness (QED) is 0.601. The number of benzene rings is 1. The Kier molecular flexibility index (Phi) is 5.52. The first-order valence-corrected chi connectivity index (χ1v) is 8.65. The molecule has 1 aromatic carbocycles. The lowest BCUT2D eigenvalue weighted by atomic mass is 9.88. The summed E-state index contributed by atoms with van der Waals surface area (Å²) in [6.45, 7) is 6.24. The Labute approximate surface area is 149 Å². The molecule has 132 valence electrons. The Balaban J connectivity index is 2.04. The Morgan fingerprint density at radius 1 is 1.29 bits per heavy atom. The monoisotopic (exact) mass is 400 g/mol. The van der Waals surface area contributed by atoms with Crippen molar-refractivity contribution in [2.45, 2.75) is 39.2 Å². The predicted octanol–water partition coefficient (Wildman–Crippen LogP) is 4.00. The average Bonchev–Trinajstić information content (AvgIpc) is 2.50. The third-order valence-electron chi connectivity index (χ3n) is 3.88. The number of nitrogens with zero attached hydrogens (tertiary/aromatic N) is 1. The molecule has 0 bridgehead atoms. The van der Waals surface area contributed by atoms with E-state index >= 15 is 0 Å². The number of Topliss-reactive ketones (excluding diaryl/α,β-unsaturated/α-hetero) is 1. The van der Waals surface area contributed by atoms with E-state index in [4.69, 9.17) is 10.5 Å². The Hall–Kier alpha value is -1.63. The molecule has 1 fully saturated rings. The van der Waals surface area contributed by atoms with Crippen LogP contribution in [0.25, 0.3) is 0 Å². The number of carbonyl (C=O) groups excluding carboxylic acids is 2. The maximum absolute atomic E-state index is 14.2. The molecule has 0 radical (unpaired) electrons. The highest BCUT2D eigenvalue weighted by Gasteiger charge is 2.32. The fourth-order valence-electron chi connectivity index (χ4n) is 2.65. The van der Waals surface area contributed by atoms with Crippen molar-refractivity contribution < 1.29 is 18.7 Å². The number of hydrogen-bond acceptors (Lipinski definition) is 4. The van der Waals surface area contributed by atoms with E-state index in [1.165, 1.54) is 6.07 Å². The summed E-state index contributed by atoms with van der Waals surface area (Å²) in [7, 11) is 0. The first-order chi connectivity index (χ1) is 11.1. The van der Waals surface area contributed by atoms with Crippen LogP contribution in [0.1, 0.15) is 44.0 Å². The van der Waals surface area contributed by atoms with Crippen LogP contribution in [0.2, 0.25) is 0 Å². The first-order valence-electron chi connectivity index (χ1n) is 7.86. The predicted molar refractivity (Wildman–Crippen MR) is 93.4 cm³/mol. The number of ether oxygens (including phenoxy) is 1. The fraction of sp³-hybridized carbons (Fsp3) is 0.529. The van der Waals surface area contributed by atoms with Crippen LogP contribution in [0.4, 0.5) is 14.9 Å². The highest BCUT2D eigenvalue weighted by Crippen LogP contribution is 2.30. The molecule has 1 aliphatic rings. The Morgan fingerprint density at radius 3 is 2.42 bits per heavy atom. The summed E-state index contributed by atoms with van der Waals surface area (Å²) in [6, 6.07) is 2.99. The van der Waals surface area contributed by atoms with Gasteiger partial charge in [0.15, 0.2) is 11.6 Å². The molecule has 5 nitrogen and oxygen atoms in total. The highest BCUT2D eigenvalue weighted by atomic mass is 79.9. The second kappa shape index (κ2) is 7.09. The van der Waals surface area contributed by atoms with E-state index < -0.39 is 11.4 Å². The molecule has 2 N–H and O–H groups in total. The van der Waals surface area contributed by atoms with Gasteiger partial charge in [0.25, 0.3) is 0 Å². The minimum Gasteiger partial charge on any atom is -0.444 e. The molecule has 0 unspecified atom stereocenters. The third kappa shape index (κ3) is 4.26. The molecular weight excluding hydrogens is 379 g/mol. The summed E-state index contributed by atoms with van der Waals surface area (Å²) >= 11 is 3.22. The minimum absolute atomic E-state index is 0.00859. The topological polar surface area (TPSA) is 72.6 Å². The Morgan fingerprint density at radius 2 is 1.88 bits per heavy atom. The fourth-order valence-corrected chi connectivity index (χ4v) is 3.15. The molecule has 0 spiro atoms. The van der Waals surface area contributed by atoms with Gasteiger partial charge in [-0.2, -0.15) is 0 Å². The lowest BCUT2D eigenvalue weighted by Gasteiger charge is -2.33. The number of anilines is 1. The van der Waals surface area contributed by atoms with Crippen LogP contribution in [0, 0.1) is 11.7 Å². The number of hydrogen-bond donors (Lipinski definition) is 1. The summed E-state index contributed by atoms with van der Waals surface area (Å²) < 4.78 is 19.9. The van der Waals surface area contributed by atoms with Gasteiger partial charge in [-0.15, -0.1) is 0 Å². The summed E-state index contributed by atoms with van der Waals surface area (Å²) in [4.78, 5) is 26.3. The molecule has 0 atom stereocenters. The number of piperidine rings is 1. The summed E-state index contributed by atoms with van der Waals surface area (Å²) in [5.41, 5.74) is 4.95. The number of halogens is 2. The average molecular weight is 401 g/mol. The van der Waals surface area contributed by atoms with E-state index in [0.29, 0.717) is 30.4 Å². The van der Waals surface area contributed by atoms with Gasteiger partial charge in [0.05, 0.1) is 11.3 Å². The van der Waals surface area contributed by atoms with Crippen LogP contribution in [0.15, 0.2) is 16.6 Å². The molecule has 1 heterocycles. The van der Waals surface area contributed by atoms with Crippen LogP contribution in [0.5, 0.6) is 0 Å². The molecule has 1 aromatic rings. The van der Waals surface area contributed by atoms with Crippen molar-refractivity contribution in [3.05, 3.63) is 28.0 Å². The number of likely N-dealkylation sites (tertiary alicyclic amines) is 1. The molecule has 1 aliphatic heterocycles. The maximum Gasteiger partial charge on any atom is 0.410 e. The van der Waals surface area contributed by atoms with Crippen LogP contribution < -0.4 is 5.73 Å². The third-order valence-corrected chi connectivity index (χ3v) is 4.55. The van der Waals surface area contributed by atoms with Gasteiger partial charge in [-0.05, 0) is 61.7 Å². The lowest BCUT2D eigenvalue weighted by molar-refractivity contribution is 0.0182. The normalized spacial score (nSPS) is 16.1. The van der Waals surface area contributed by atoms with Gasteiger partial charge in [0, 0.05) is 23.5 Å². The summed E-state index contributed by atoms with van der Waals surface area (Å²) in [6.07, 6.45) is 0.557. The van der Waals surface area contributed by atoms with E-state index in [-0.39, 0.29) is 29.0 Å². The molecule has 1 amide bonds. The molecule has 7 heteroatoms. The van der Waals surface area contributed by atoms with Crippen molar-refractivity contribution in [3.8, 4) is 0 Å². The molecule has 2 rings (SSSR count). The molecule has 0 aliphatic carbocycles. The van der Waals surface area contributed by atoms with Gasteiger partial charge in [0.1, 0.15) is 5.60 Å². The smallest absolute Gasteiger partial charge is 0.410 e. The molecule has 24 heavy (non-hydrogen) atoms. The van der Waals surface area contributed by atoms with Gasteiger partial charge in [0.2, 0.25) is 0 Å². The van der Waals surface area contributed by atoms with Crippen LogP contribution in [0.3, 0.4) is 0 Å². The zero-order chi connectivity index (χ0) is 18.1. The minimum atomic E-state index is -0.691. The van der Waals surface area contributed by atoms with E-state index in [9.17, 15) is 14.0 Å². The van der Waals surface area contributed by atoms with E-state index in [0.717, 1.165) is 0 Å². The summed E-state index contributed by atoms with van der Waals surface area (Å²) in [5, 5.41) is 0. The van der Waals surface area contributed by atoms with E-state index in [1.807, 2.05) is 0 Å². The van der Waals surface area contributed by atoms with Gasteiger partial charge in [-0.3, -0.25) is 4.79 Å². The van der Waals surface area contributed by atoms with Gasteiger partial charge >= 0.3 is 6.09 Å². The molecule has 0 saturated carbocycles. The number of carbonyl (C=O) groups is 2. The number of amides is 1. The van der Waals surface area contributed by atoms with Crippen LogP contribution in [-0.2, 0) is 4.74 Å². The van der Waals surface area contributed by atoms with E-state index in [1.54, 1.807) is 31.7 Å². The second-order valence-corrected chi connectivity index (χ2v) is 7.79. The van der Waals surface area contributed by atoms with Crippen LogP contribution >= 0.6 is 15.9 Å². The molecule has 0 aromatic heterocycles. The zero-order valence-electron chi connectivity index (χ0n) is 14.1. The van der Waals surface area contributed by atoms with Crippen LogP contribution in [-0.4, -0.2) is 35.5 Å². The summed E-state index contributed by atoms with van der Waals surface area (Å²) in [5.74, 6) is -1.31. The number of nitrogens with two attached hydrogens (primary N) is 1. The van der Waals surface area contributed by atoms with Crippen molar-refractivity contribution >= 4 is 33.5 Å². The number of nitrogen functional groups attached to an aromatic ring is 1. The van der Waals surface area contributed by atoms with Crippen molar-refractivity contribution in [3.63, 3.8) is 0 Å². The Bertz CT molecular complexity index is 650. The van der Waals surface area contributed by atoms with Gasteiger partial charge in [-0.1, -0.05) is 0 Å². The van der Waals surface area contributed by atoms with Gasteiger partial charge in [-0.25, -0.2) is 9.18 Å². The SMILES string of the molecule is CC(C)(C)OC(=O)N1CCC(C(=O)c2c(Br)ccc(N)c2F)CC1. The highest BCUT2D eigenvalue weighted by molar-refractivity contribution is 9.10. The van der Waals surface area contributed by atoms with E-state index in [2.05, 4.69) is 15.9 Å².